The van der Waals surface area contributed by atoms with Gasteiger partial charge in [-0.05, 0) is 24.3 Å². The van der Waals surface area contributed by atoms with Gasteiger partial charge in [0.05, 0.1) is 12.7 Å². The van der Waals surface area contributed by atoms with E-state index < -0.39 is 6.10 Å². The summed E-state index contributed by atoms with van der Waals surface area (Å²) in [6.07, 6.45) is 0.205. The average Bonchev–Trinajstić information content (AvgIpc) is 2.46. The van der Waals surface area contributed by atoms with Crippen LogP contribution in [-0.4, -0.2) is 30.3 Å². The van der Waals surface area contributed by atoms with Gasteiger partial charge in [-0.15, -0.1) is 0 Å². The Morgan fingerprint density at radius 3 is 2.52 bits per heavy atom. The predicted octanol–water partition coefficient (Wildman–Crippen LogP) is 1.26. The number of aliphatic hydroxyl groups excluding tert-OH is 1. The summed E-state index contributed by atoms with van der Waals surface area (Å²) >= 11 is 0. The van der Waals surface area contributed by atoms with Crippen LogP contribution in [0.1, 0.15) is 25.8 Å². The molecular formula is C16H26N2O3. The Kier molecular flexibility index (Phi) is 7.97. The number of amides is 1. The molecule has 0 aliphatic carbocycles. The lowest BCUT2D eigenvalue weighted by Crippen LogP contribution is -2.39. The Bertz CT molecular complexity index is 409. The second-order valence-corrected chi connectivity index (χ2v) is 5.72. The molecule has 0 spiro atoms. The first kappa shape index (κ1) is 17.6. The third kappa shape index (κ3) is 7.22. The van der Waals surface area contributed by atoms with Gasteiger partial charge < -0.3 is 9.84 Å². The van der Waals surface area contributed by atoms with E-state index >= 15 is 0 Å². The van der Waals surface area contributed by atoms with E-state index in [-0.39, 0.29) is 18.4 Å². The van der Waals surface area contributed by atoms with Crippen LogP contribution in [0, 0.1) is 11.8 Å². The summed E-state index contributed by atoms with van der Waals surface area (Å²) in [4.78, 5) is 11.8. The minimum absolute atomic E-state index is 0.237. The molecular weight excluding hydrogens is 268 g/mol. The number of hydrogen-bond acceptors (Lipinski definition) is 4. The van der Waals surface area contributed by atoms with Gasteiger partial charge in [0.1, 0.15) is 0 Å². The maximum absolute atomic E-state index is 11.8. The largest absolute Gasteiger partial charge is 0.391 e. The maximum atomic E-state index is 11.8. The van der Waals surface area contributed by atoms with Gasteiger partial charge >= 0.3 is 0 Å². The third-order valence-corrected chi connectivity index (χ3v) is 3.16. The van der Waals surface area contributed by atoms with E-state index in [2.05, 4.69) is 5.43 Å². The number of nitrogens with two attached hydrogens (primary N) is 1. The van der Waals surface area contributed by atoms with Crippen molar-refractivity contribution in [2.24, 2.45) is 17.7 Å². The Labute approximate surface area is 126 Å². The molecule has 0 saturated heterocycles. The van der Waals surface area contributed by atoms with E-state index in [1.165, 1.54) is 0 Å². The molecule has 0 aromatic heterocycles. The fourth-order valence-electron chi connectivity index (χ4n) is 2.14. The lowest BCUT2D eigenvalue weighted by Gasteiger charge is -2.19. The summed E-state index contributed by atoms with van der Waals surface area (Å²) in [5, 5.41) is 10.0. The summed E-state index contributed by atoms with van der Waals surface area (Å²) < 4.78 is 5.41. The lowest BCUT2D eigenvalue weighted by atomic mass is 9.93. The molecule has 118 valence electrons. The molecule has 5 heteroatoms. The summed E-state index contributed by atoms with van der Waals surface area (Å²) in [5.41, 5.74) is 3.22. The Morgan fingerprint density at radius 1 is 1.29 bits per heavy atom. The molecule has 21 heavy (non-hydrogen) atoms. The molecule has 0 unspecified atom stereocenters. The van der Waals surface area contributed by atoms with Gasteiger partial charge in [0.15, 0.2) is 0 Å². The van der Waals surface area contributed by atoms with Gasteiger partial charge in [0, 0.05) is 12.5 Å². The molecule has 1 rings (SSSR count). The predicted molar refractivity (Wildman–Crippen MR) is 82.2 cm³/mol. The summed E-state index contributed by atoms with van der Waals surface area (Å²) in [5.74, 6) is 5.02. The zero-order valence-electron chi connectivity index (χ0n) is 12.8. The summed E-state index contributed by atoms with van der Waals surface area (Å²) in [6, 6.07) is 9.69. The second-order valence-electron chi connectivity index (χ2n) is 5.72. The van der Waals surface area contributed by atoms with Gasteiger partial charge in [0.25, 0.3) is 0 Å². The summed E-state index contributed by atoms with van der Waals surface area (Å²) in [6.45, 7) is 4.93. The van der Waals surface area contributed by atoms with Crippen molar-refractivity contribution in [3.8, 4) is 0 Å². The number of nitrogens with one attached hydrogen (secondary N) is 1. The number of carbonyl (C=O) groups is 1. The van der Waals surface area contributed by atoms with Crippen molar-refractivity contribution in [1.82, 2.24) is 5.43 Å². The minimum Gasteiger partial charge on any atom is -0.391 e. The number of hydrogen-bond donors (Lipinski definition) is 3. The van der Waals surface area contributed by atoms with Crippen LogP contribution in [0.5, 0.6) is 0 Å². The second kappa shape index (κ2) is 9.50. The van der Waals surface area contributed by atoms with E-state index in [1.54, 1.807) is 0 Å². The zero-order valence-corrected chi connectivity index (χ0v) is 12.8. The molecule has 1 aromatic rings. The fraction of sp³-hybridized carbons (Fsp3) is 0.562. The molecule has 1 aromatic carbocycles. The number of rotatable bonds is 9. The van der Waals surface area contributed by atoms with Crippen LogP contribution in [-0.2, 0) is 16.0 Å². The van der Waals surface area contributed by atoms with Gasteiger partial charge in [0.2, 0.25) is 5.91 Å². The van der Waals surface area contributed by atoms with Crippen LogP contribution in [0.4, 0.5) is 0 Å². The van der Waals surface area contributed by atoms with E-state index in [9.17, 15) is 9.90 Å². The molecule has 0 aliphatic heterocycles. The highest BCUT2D eigenvalue weighted by atomic mass is 16.5. The molecule has 1 amide bonds. The first-order valence-electron chi connectivity index (χ1n) is 7.33. The molecule has 5 nitrogen and oxygen atoms in total. The molecule has 0 saturated carbocycles. The molecule has 0 heterocycles. The highest BCUT2D eigenvalue weighted by Crippen LogP contribution is 2.15. The number of carbonyl (C=O) groups excluding carboxylic acids is 1. The van der Waals surface area contributed by atoms with Crippen LogP contribution in [0.2, 0.25) is 0 Å². The Hall–Kier alpha value is -1.43. The van der Waals surface area contributed by atoms with Crippen molar-refractivity contribution in [2.75, 3.05) is 13.2 Å². The quantitative estimate of drug-likeness (QED) is 0.364. The number of hydrazine groups is 1. The number of benzene rings is 1. The van der Waals surface area contributed by atoms with Gasteiger partial charge in [-0.2, -0.15) is 0 Å². The molecule has 4 N–H and O–H groups in total. The topological polar surface area (TPSA) is 84.6 Å². The average molecular weight is 294 g/mol. The van der Waals surface area contributed by atoms with Crippen LogP contribution >= 0.6 is 0 Å². The van der Waals surface area contributed by atoms with Crippen molar-refractivity contribution >= 4 is 5.91 Å². The van der Waals surface area contributed by atoms with Crippen LogP contribution < -0.4 is 11.3 Å². The van der Waals surface area contributed by atoms with E-state index in [4.69, 9.17) is 10.6 Å². The van der Waals surface area contributed by atoms with Crippen molar-refractivity contribution in [2.45, 2.75) is 32.8 Å². The fourth-order valence-corrected chi connectivity index (χ4v) is 2.14. The van der Waals surface area contributed by atoms with E-state index in [0.29, 0.717) is 25.4 Å². The SMILES string of the molecule is CC(C)COC[C@@H](O)C[C@@H](Cc1ccccc1)C(=O)NN. The maximum Gasteiger partial charge on any atom is 0.237 e. The van der Waals surface area contributed by atoms with Crippen LogP contribution in [0.3, 0.4) is 0 Å². The normalized spacial score (nSPS) is 14.0. The van der Waals surface area contributed by atoms with Crippen LogP contribution in [0.15, 0.2) is 30.3 Å². The number of ether oxygens (including phenoxy) is 1. The van der Waals surface area contributed by atoms with Gasteiger partial charge in [-0.25, -0.2) is 5.84 Å². The first-order valence-corrected chi connectivity index (χ1v) is 7.33. The Balaban J connectivity index is 2.52. The first-order chi connectivity index (χ1) is 10.0. The lowest BCUT2D eigenvalue weighted by molar-refractivity contribution is -0.126. The van der Waals surface area contributed by atoms with Crippen molar-refractivity contribution in [1.29, 1.82) is 0 Å². The summed E-state index contributed by atoms with van der Waals surface area (Å²) in [7, 11) is 0. The third-order valence-electron chi connectivity index (χ3n) is 3.16. The highest BCUT2D eigenvalue weighted by molar-refractivity contribution is 5.78. The van der Waals surface area contributed by atoms with E-state index in [1.807, 2.05) is 44.2 Å². The van der Waals surface area contributed by atoms with Crippen molar-refractivity contribution in [3.05, 3.63) is 35.9 Å². The molecule has 2 atom stereocenters. The highest BCUT2D eigenvalue weighted by Gasteiger charge is 2.22. The monoisotopic (exact) mass is 294 g/mol. The minimum atomic E-state index is -0.672. The molecule has 0 aliphatic rings. The zero-order chi connectivity index (χ0) is 15.7. The smallest absolute Gasteiger partial charge is 0.237 e. The van der Waals surface area contributed by atoms with Gasteiger partial charge in [-0.3, -0.25) is 10.2 Å². The molecule has 0 bridgehead atoms. The molecule has 0 radical (unpaired) electrons. The van der Waals surface area contributed by atoms with Crippen LogP contribution in [0.25, 0.3) is 0 Å². The van der Waals surface area contributed by atoms with Crippen molar-refractivity contribution in [3.63, 3.8) is 0 Å². The van der Waals surface area contributed by atoms with Crippen molar-refractivity contribution < 1.29 is 14.6 Å². The Morgan fingerprint density at radius 2 is 1.95 bits per heavy atom. The molecule has 0 fully saturated rings. The standard InChI is InChI=1S/C16H26N2O3/c1-12(2)10-21-11-15(19)9-14(16(20)18-17)8-13-6-4-3-5-7-13/h3-7,12,14-15,19H,8-11,17H2,1-2H3,(H,18,20)/t14-,15+/m1/s1. The van der Waals surface area contributed by atoms with E-state index in [0.717, 1.165) is 5.56 Å². The number of aliphatic hydroxyl groups is 1. The van der Waals surface area contributed by atoms with Gasteiger partial charge in [-0.1, -0.05) is 44.2 Å².